The van der Waals surface area contributed by atoms with Crippen molar-refractivity contribution in [3.8, 4) is 5.75 Å². The Labute approximate surface area is 123 Å². The van der Waals surface area contributed by atoms with Crippen molar-refractivity contribution in [1.29, 1.82) is 0 Å². The van der Waals surface area contributed by atoms with E-state index < -0.39 is 0 Å². The molecule has 1 aliphatic heterocycles. The van der Waals surface area contributed by atoms with E-state index in [0.717, 1.165) is 26.9 Å². The van der Waals surface area contributed by atoms with Gasteiger partial charge in [-0.1, -0.05) is 50.1 Å². The van der Waals surface area contributed by atoms with Crippen LogP contribution >= 0.6 is 31.9 Å². The highest BCUT2D eigenvalue weighted by Gasteiger charge is 2.22. The summed E-state index contributed by atoms with van der Waals surface area (Å²) in [5.74, 6) is 0.894. The van der Waals surface area contributed by atoms with Crippen LogP contribution in [-0.4, -0.2) is 6.54 Å². The van der Waals surface area contributed by atoms with Gasteiger partial charge in [0.1, 0.15) is 11.9 Å². The molecule has 0 fully saturated rings. The Morgan fingerprint density at radius 3 is 2.78 bits per heavy atom. The molecule has 1 aliphatic rings. The fourth-order valence-electron chi connectivity index (χ4n) is 2.05. The Hall–Kier alpha value is -1.000. The number of ether oxygens (including phenoxy) is 1. The Morgan fingerprint density at radius 2 is 1.94 bits per heavy atom. The van der Waals surface area contributed by atoms with Crippen LogP contribution in [0.4, 0.5) is 5.69 Å². The second-order valence-electron chi connectivity index (χ2n) is 4.15. The lowest BCUT2D eigenvalue weighted by Crippen LogP contribution is -2.23. The Bertz CT molecular complexity index is 586. The molecule has 0 spiro atoms. The van der Waals surface area contributed by atoms with Gasteiger partial charge in [0.05, 0.1) is 12.2 Å². The number of anilines is 1. The molecule has 18 heavy (non-hydrogen) atoms. The van der Waals surface area contributed by atoms with Crippen LogP contribution in [0.5, 0.6) is 5.75 Å². The fourth-order valence-corrected chi connectivity index (χ4v) is 2.95. The zero-order chi connectivity index (χ0) is 12.5. The van der Waals surface area contributed by atoms with Gasteiger partial charge >= 0.3 is 0 Å². The number of halogens is 2. The van der Waals surface area contributed by atoms with Crippen LogP contribution in [0.25, 0.3) is 0 Å². The van der Waals surface area contributed by atoms with Crippen molar-refractivity contribution in [1.82, 2.24) is 0 Å². The van der Waals surface area contributed by atoms with E-state index in [1.165, 1.54) is 5.56 Å². The Morgan fingerprint density at radius 1 is 1.11 bits per heavy atom. The van der Waals surface area contributed by atoms with Gasteiger partial charge in [-0.15, -0.1) is 0 Å². The summed E-state index contributed by atoms with van der Waals surface area (Å²) in [5, 5.41) is 3.40. The first-order valence-electron chi connectivity index (χ1n) is 5.68. The first-order valence-corrected chi connectivity index (χ1v) is 7.27. The van der Waals surface area contributed by atoms with Crippen molar-refractivity contribution in [3.63, 3.8) is 0 Å². The molecule has 0 aromatic heterocycles. The van der Waals surface area contributed by atoms with Gasteiger partial charge in [-0.05, 0) is 24.3 Å². The summed E-state index contributed by atoms with van der Waals surface area (Å²) in [4.78, 5) is 0. The van der Waals surface area contributed by atoms with Gasteiger partial charge in [0.25, 0.3) is 0 Å². The Balaban J connectivity index is 1.92. The quantitative estimate of drug-likeness (QED) is 0.783. The topological polar surface area (TPSA) is 21.3 Å². The molecule has 0 saturated carbocycles. The second-order valence-corrected chi connectivity index (χ2v) is 5.92. The molecule has 0 bridgehead atoms. The maximum Gasteiger partial charge on any atom is 0.143 e. The fraction of sp³-hybridized carbons (Fsp3) is 0.143. The molecular weight excluding hydrogens is 358 g/mol. The minimum Gasteiger partial charge on any atom is -0.482 e. The number of rotatable bonds is 1. The van der Waals surface area contributed by atoms with Crippen molar-refractivity contribution in [2.45, 2.75) is 6.10 Å². The number of hydrogen-bond acceptors (Lipinski definition) is 2. The molecule has 0 radical (unpaired) electrons. The number of hydrogen-bond donors (Lipinski definition) is 1. The lowest BCUT2D eigenvalue weighted by molar-refractivity contribution is 0.209. The predicted octanol–water partition coefficient (Wildman–Crippen LogP) is 4.76. The van der Waals surface area contributed by atoms with Gasteiger partial charge in [-0.2, -0.15) is 0 Å². The van der Waals surface area contributed by atoms with Crippen molar-refractivity contribution < 1.29 is 4.74 Å². The van der Waals surface area contributed by atoms with E-state index in [-0.39, 0.29) is 6.10 Å². The predicted molar refractivity (Wildman–Crippen MR) is 80.1 cm³/mol. The van der Waals surface area contributed by atoms with Crippen molar-refractivity contribution >= 4 is 37.5 Å². The SMILES string of the molecule is Brc1ccc2c(c1)NCC(c1ccccc1Br)O2. The minimum atomic E-state index is 0.0363. The van der Waals surface area contributed by atoms with Crippen molar-refractivity contribution in [2.75, 3.05) is 11.9 Å². The lowest BCUT2D eigenvalue weighted by Gasteiger charge is -2.28. The summed E-state index contributed by atoms with van der Waals surface area (Å²) in [5.41, 5.74) is 2.20. The summed E-state index contributed by atoms with van der Waals surface area (Å²) in [6, 6.07) is 14.2. The molecule has 1 N–H and O–H groups in total. The monoisotopic (exact) mass is 367 g/mol. The average Bonchev–Trinajstić information content (AvgIpc) is 2.39. The third kappa shape index (κ3) is 2.27. The van der Waals surface area contributed by atoms with Crippen LogP contribution in [0.2, 0.25) is 0 Å². The van der Waals surface area contributed by atoms with Gasteiger partial charge in [-0.25, -0.2) is 0 Å². The molecule has 3 rings (SSSR count). The summed E-state index contributed by atoms with van der Waals surface area (Å²) < 4.78 is 8.17. The van der Waals surface area contributed by atoms with Crippen LogP contribution in [-0.2, 0) is 0 Å². The normalized spacial score (nSPS) is 17.6. The third-order valence-corrected chi connectivity index (χ3v) is 4.16. The Kier molecular flexibility index (Phi) is 3.31. The van der Waals surface area contributed by atoms with Crippen molar-refractivity contribution in [3.05, 3.63) is 57.0 Å². The zero-order valence-corrected chi connectivity index (χ0v) is 12.7. The van der Waals surface area contributed by atoms with E-state index in [0.29, 0.717) is 0 Å². The van der Waals surface area contributed by atoms with Crippen molar-refractivity contribution in [2.24, 2.45) is 0 Å². The largest absolute Gasteiger partial charge is 0.482 e. The standard InChI is InChI=1S/C14H11Br2NO/c15-9-5-6-13-12(7-9)17-8-14(18-13)10-3-1-2-4-11(10)16/h1-7,14,17H,8H2. The second kappa shape index (κ2) is 4.94. The molecule has 1 heterocycles. The van der Waals surface area contributed by atoms with E-state index in [1.54, 1.807) is 0 Å². The van der Waals surface area contributed by atoms with E-state index in [4.69, 9.17) is 4.74 Å². The third-order valence-electron chi connectivity index (χ3n) is 2.94. The van der Waals surface area contributed by atoms with Crippen LogP contribution in [0.15, 0.2) is 51.4 Å². The molecule has 2 nitrogen and oxygen atoms in total. The van der Waals surface area contributed by atoms with Gasteiger partial charge in [0.2, 0.25) is 0 Å². The van der Waals surface area contributed by atoms with Crippen LogP contribution in [0.3, 0.4) is 0 Å². The number of fused-ring (bicyclic) bond motifs is 1. The average molecular weight is 369 g/mol. The maximum atomic E-state index is 6.04. The molecule has 4 heteroatoms. The molecule has 2 aromatic rings. The summed E-state index contributed by atoms with van der Waals surface area (Å²) >= 11 is 7.03. The first kappa shape index (κ1) is 12.1. The van der Waals surface area contributed by atoms with Crippen LogP contribution < -0.4 is 10.1 Å². The van der Waals surface area contributed by atoms with Gasteiger partial charge in [-0.3, -0.25) is 0 Å². The highest BCUT2D eigenvalue weighted by molar-refractivity contribution is 9.10. The number of benzene rings is 2. The minimum absolute atomic E-state index is 0.0363. The van der Waals surface area contributed by atoms with Gasteiger partial charge in [0.15, 0.2) is 0 Å². The van der Waals surface area contributed by atoms with Crippen LogP contribution in [0.1, 0.15) is 11.7 Å². The number of nitrogens with one attached hydrogen (secondary N) is 1. The lowest BCUT2D eigenvalue weighted by atomic mass is 10.1. The molecule has 0 saturated heterocycles. The van der Waals surface area contributed by atoms with Gasteiger partial charge in [0, 0.05) is 14.5 Å². The van der Waals surface area contributed by atoms with E-state index in [2.05, 4.69) is 43.2 Å². The summed E-state index contributed by atoms with van der Waals surface area (Å²) in [7, 11) is 0. The van der Waals surface area contributed by atoms with E-state index in [9.17, 15) is 0 Å². The van der Waals surface area contributed by atoms with E-state index in [1.807, 2.05) is 36.4 Å². The highest BCUT2D eigenvalue weighted by atomic mass is 79.9. The molecule has 0 amide bonds. The molecule has 1 atom stereocenters. The maximum absolute atomic E-state index is 6.04. The molecular formula is C14H11Br2NO. The van der Waals surface area contributed by atoms with Gasteiger partial charge < -0.3 is 10.1 Å². The molecule has 2 aromatic carbocycles. The smallest absolute Gasteiger partial charge is 0.143 e. The summed E-state index contributed by atoms with van der Waals surface area (Å²) in [6.07, 6.45) is 0.0363. The summed E-state index contributed by atoms with van der Waals surface area (Å²) in [6.45, 7) is 0.770. The zero-order valence-electron chi connectivity index (χ0n) is 9.49. The molecule has 0 aliphatic carbocycles. The van der Waals surface area contributed by atoms with E-state index >= 15 is 0 Å². The molecule has 1 unspecified atom stereocenters. The molecule has 92 valence electrons. The highest BCUT2D eigenvalue weighted by Crippen LogP contribution is 2.37. The first-order chi connectivity index (χ1) is 8.74. The van der Waals surface area contributed by atoms with Crippen LogP contribution in [0, 0.1) is 0 Å².